The van der Waals surface area contributed by atoms with Crippen molar-refractivity contribution in [3.8, 4) is 0 Å². The van der Waals surface area contributed by atoms with E-state index in [1.54, 1.807) is 31.3 Å². The molecule has 0 radical (unpaired) electrons. The fourth-order valence-corrected chi connectivity index (χ4v) is 1.56. The van der Waals surface area contributed by atoms with Gasteiger partial charge in [0, 0.05) is 25.7 Å². The van der Waals surface area contributed by atoms with E-state index in [4.69, 9.17) is 10.2 Å². The van der Waals surface area contributed by atoms with E-state index in [-0.39, 0.29) is 25.6 Å². The number of aliphatic hydroxyl groups excluding tert-OH is 1. The minimum atomic E-state index is -0.876. The molecule has 0 saturated heterocycles. The van der Waals surface area contributed by atoms with E-state index in [1.165, 1.54) is 4.90 Å². The Morgan fingerprint density at radius 1 is 1.32 bits per heavy atom. The number of anilines is 1. The van der Waals surface area contributed by atoms with Gasteiger partial charge in [-0.2, -0.15) is 0 Å². The average molecular weight is 266 g/mol. The van der Waals surface area contributed by atoms with Gasteiger partial charge in [-0.3, -0.25) is 4.79 Å². The Morgan fingerprint density at radius 2 is 2.00 bits per heavy atom. The summed E-state index contributed by atoms with van der Waals surface area (Å²) in [4.78, 5) is 23.7. The molecule has 0 aromatic heterocycles. The third-order valence-corrected chi connectivity index (χ3v) is 2.65. The molecule has 0 saturated carbocycles. The Hall–Kier alpha value is -2.08. The number of nitrogens with zero attached hydrogens (tertiary/aromatic N) is 1. The van der Waals surface area contributed by atoms with Crippen molar-refractivity contribution >= 4 is 17.7 Å². The number of aliphatic carboxylic acids is 1. The lowest BCUT2D eigenvalue weighted by Crippen LogP contribution is -2.33. The number of likely N-dealkylation sites (N-methyl/N-ethyl adjacent to an activating group) is 1. The van der Waals surface area contributed by atoms with E-state index in [0.717, 1.165) is 5.56 Å². The maximum absolute atomic E-state index is 11.8. The Balaban J connectivity index is 2.71. The van der Waals surface area contributed by atoms with Crippen LogP contribution in [0.4, 0.5) is 10.5 Å². The Labute approximate surface area is 111 Å². The number of para-hydroxylation sites is 1. The molecule has 0 bridgehead atoms. The molecule has 0 heterocycles. The van der Waals surface area contributed by atoms with Crippen molar-refractivity contribution in [2.24, 2.45) is 0 Å². The van der Waals surface area contributed by atoms with Crippen LogP contribution in [0.25, 0.3) is 0 Å². The average Bonchev–Trinajstić information content (AvgIpc) is 2.37. The van der Waals surface area contributed by atoms with Crippen molar-refractivity contribution in [1.82, 2.24) is 4.90 Å². The van der Waals surface area contributed by atoms with Gasteiger partial charge in [0.1, 0.15) is 0 Å². The van der Waals surface area contributed by atoms with Gasteiger partial charge in [0.05, 0.1) is 6.61 Å². The topological polar surface area (TPSA) is 89.9 Å². The highest BCUT2D eigenvalue weighted by molar-refractivity contribution is 5.90. The van der Waals surface area contributed by atoms with Gasteiger partial charge in [0.25, 0.3) is 0 Å². The molecule has 19 heavy (non-hydrogen) atoms. The molecule has 6 heteroatoms. The first-order chi connectivity index (χ1) is 9.04. The molecular weight excluding hydrogens is 248 g/mol. The number of hydrogen-bond acceptors (Lipinski definition) is 3. The smallest absolute Gasteiger partial charge is 0.321 e. The Morgan fingerprint density at radius 3 is 2.63 bits per heavy atom. The fourth-order valence-electron chi connectivity index (χ4n) is 1.56. The van der Waals surface area contributed by atoms with Crippen molar-refractivity contribution in [3.05, 3.63) is 29.8 Å². The van der Waals surface area contributed by atoms with Gasteiger partial charge in [-0.25, -0.2) is 4.79 Å². The normalized spacial score (nSPS) is 10.0. The molecule has 0 atom stereocenters. The van der Waals surface area contributed by atoms with Crippen molar-refractivity contribution in [2.45, 2.75) is 12.8 Å². The second kappa shape index (κ2) is 7.38. The molecule has 0 fully saturated rings. The third-order valence-electron chi connectivity index (χ3n) is 2.65. The second-order valence-electron chi connectivity index (χ2n) is 4.13. The SMILES string of the molecule is CN(CCO)C(=O)Nc1ccccc1CCC(=O)O. The van der Waals surface area contributed by atoms with Crippen LogP contribution in [0.3, 0.4) is 0 Å². The number of carbonyl (C=O) groups is 2. The number of aliphatic hydroxyl groups is 1. The van der Waals surface area contributed by atoms with Crippen LogP contribution in [-0.2, 0) is 11.2 Å². The van der Waals surface area contributed by atoms with Crippen LogP contribution in [-0.4, -0.2) is 47.3 Å². The number of amides is 2. The summed E-state index contributed by atoms with van der Waals surface area (Å²) in [7, 11) is 1.57. The number of carbonyl (C=O) groups excluding carboxylic acids is 1. The number of rotatable bonds is 6. The van der Waals surface area contributed by atoms with Crippen LogP contribution in [0.15, 0.2) is 24.3 Å². The summed E-state index contributed by atoms with van der Waals surface area (Å²) in [6, 6.07) is 6.74. The van der Waals surface area contributed by atoms with Gasteiger partial charge >= 0.3 is 12.0 Å². The fraction of sp³-hybridized carbons (Fsp3) is 0.385. The molecule has 0 aliphatic heterocycles. The van der Waals surface area contributed by atoms with E-state index < -0.39 is 5.97 Å². The summed E-state index contributed by atoms with van der Waals surface area (Å²) in [6.45, 7) is 0.133. The van der Waals surface area contributed by atoms with Crippen molar-refractivity contribution in [3.63, 3.8) is 0 Å². The summed E-state index contributed by atoms with van der Waals surface area (Å²) in [6.07, 6.45) is 0.370. The molecule has 2 amide bonds. The summed E-state index contributed by atoms with van der Waals surface area (Å²) in [5.74, 6) is -0.876. The predicted octanol–water partition coefficient (Wildman–Crippen LogP) is 1.16. The van der Waals surface area contributed by atoms with E-state index in [9.17, 15) is 9.59 Å². The quantitative estimate of drug-likeness (QED) is 0.720. The highest BCUT2D eigenvalue weighted by Crippen LogP contribution is 2.17. The first kappa shape index (κ1) is 15.0. The summed E-state index contributed by atoms with van der Waals surface area (Å²) in [5, 5.41) is 20.1. The zero-order valence-corrected chi connectivity index (χ0v) is 10.8. The molecule has 1 rings (SSSR count). The lowest BCUT2D eigenvalue weighted by molar-refractivity contribution is -0.136. The number of nitrogens with one attached hydrogen (secondary N) is 1. The van der Waals surface area contributed by atoms with E-state index >= 15 is 0 Å². The molecule has 3 N–H and O–H groups in total. The van der Waals surface area contributed by atoms with Gasteiger partial charge in [0.15, 0.2) is 0 Å². The van der Waals surface area contributed by atoms with Gasteiger partial charge < -0.3 is 20.4 Å². The third kappa shape index (κ3) is 4.97. The van der Waals surface area contributed by atoms with Gasteiger partial charge in [0.2, 0.25) is 0 Å². The summed E-state index contributed by atoms with van der Waals surface area (Å²) < 4.78 is 0. The molecule has 104 valence electrons. The lowest BCUT2D eigenvalue weighted by atomic mass is 10.1. The standard InChI is InChI=1S/C13H18N2O4/c1-15(8-9-16)13(19)14-11-5-3-2-4-10(11)6-7-12(17)18/h2-5,16H,6-9H2,1H3,(H,14,19)(H,17,18). The number of carboxylic acid groups (broad SMARTS) is 1. The molecule has 0 unspecified atom stereocenters. The molecule has 1 aromatic rings. The zero-order valence-electron chi connectivity index (χ0n) is 10.8. The first-order valence-electron chi connectivity index (χ1n) is 5.97. The zero-order chi connectivity index (χ0) is 14.3. The number of aryl methyl sites for hydroxylation is 1. The minimum Gasteiger partial charge on any atom is -0.481 e. The van der Waals surface area contributed by atoms with E-state index in [2.05, 4.69) is 5.32 Å². The monoisotopic (exact) mass is 266 g/mol. The highest BCUT2D eigenvalue weighted by atomic mass is 16.4. The lowest BCUT2D eigenvalue weighted by Gasteiger charge is -2.18. The van der Waals surface area contributed by atoms with Crippen LogP contribution in [0.1, 0.15) is 12.0 Å². The first-order valence-corrected chi connectivity index (χ1v) is 5.97. The van der Waals surface area contributed by atoms with Crippen LogP contribution < -0.4 is 5.32 Å². The maximum Gasteiger partial charge on any atom is 0.321 e. The highest BCUT2D eigenvalue weighted by Gasteiger charge is 2.11. The predicted molar refractivity (Wildman–Crippen MR) is 71.1 cm³/mol. The molecule has 0 spiro atoms. The van der Waals surface area contributed by atoms with Crippen molar-refractivity contribution in [2.75, 3.05) is 25.5 Å². The van der Waals surface area contributed by atoms with Crippen molar-refractivity contribution < 1.29 is 19.8 Å². The van der Waals surface area contributed by atoms with Crippen LogP contribution in [0, 0.1) is 0 Å². The summed E-state index contributed by atoms with van der Waals surface area (Å²) >= 11 is 0. The Kier molecular flexibility index (Phi) is 5.81. The summed E-state index contributed by atoms with van der Waals surface area (Å²) in [5.41, 5.74) is 1.37. The maximum atomic E-state index is 11.8. The minimum absolute atomic E-state index is 0.0133. The van der Waals surface area contributed by atoms with Gasteiger partial charge in [-0.15, -0.1) is 0 Å². The number of urea groups is 1. The molecule has 0 aliphatic carbocycles. The van der Waals surface area contributed by atoms with E-state index in [1.807, 2.05) is 0 Å². The number of hydrogen-bond donors (Lipinski definition) is 3. The molecule has 1 aromatic carbocycles. The number of carboxylic acids is 1. The van der Waals surface area contributed by atoms with E-state index in [0.29, 0.717) is 12.1 Å². The van der Waals surface area contributed by atoms with Crippen LogP contribution >= 0.6 is 0 Å². The van der Waals surface area contributed by atoms with Crippen LogP contribution in [0.2, 0.25) is 0 Å². The number of benzene rings is 1. The largest absolute Gasteiger partial charge is 0.481 e. The van der Waals surface area contributed by atoms with Gasteiger partial charge in [-0.1, -0.05) is 18.2 Å². The van der Waals surface area contributed by atoms with Crippen LogP contribution in [0.5, 0.6) is 0 Å². The molecular formula is C13H18N2O4. The van der Waals surface area contributed by atoms with Gasteiger partial charge in [-0.05, 0) is 18.1 Å². The molecule has 6 nitrogen and oxygen atoms in total. The van der Waals surface area contributed by atoms with Crippen molar-refractivity contribution in [1.29, 1.82) is 0 Å². The molecule has 0 aliphatic rings. The Bertz CT molecular complexity index is 448. The second-order valence-corrected chi connectivity index (χ2v) is 4.13.